The third kappa shape index (κ3) is 3.37. The lowest BCUT2D eigenvalue weighted by atomic mass is 10.1. The van der Waals surface area contributed by atoms with Crippen molar-refractivity contribution >= 4 is 0 Å². The molecule has 1 heterocycles. The van der Waals surface area contributed by atoms with Gasteiger partial charge in [0.25, 0.3) is 0 Å². The summed E-state index contributed by atoms with van der Waals surface area (Å²) in [4.78, 5) is 0. The van der Waals surface area contributed by atoms with Crippen LogP contribution in [0.1, 0.15) is 19.8 Å². The van der Waals surface area contributed by atoms with Crippen molar-refractivity contribution in [3.8, 4) is 11.5 Å². The van der Waals surface area contributed by atoms with E-state index in [-0.39, 0.29) is 12.1 Å². The minimum Gasteiger partial charge on any atom is -0.490 e. The van der Waals surface area contributed by atoms with Gasteiger partial charge in [0.1, 0.15) is 6.10 Å². The van der Waals surface area contributed by atoms with Gasteiger partial charge in [0.2, 0.25) is 0 Å². The number of ether oxygens (including phenoxy) is 3. The predicted molar refractivity (Wildman–Crippen MR) is 70.1 cm³/mol. The average Bonchev–Trinajstić information content (AvgIpc) is 2.40. The number of benzene rings is 1. The summed E-state index contributed by atoms with van der Waals surface area (Å²) in [5.74, 6) is 1.52. The van der Waals surface area contributed by atoms with E-state index < -0.39 is 0 Å². The fourth-order valence-electron chi connectivity index (χ4n) is 1.89. The molecule has 1 aliphatic rings. The molecule has 100 valence electrons. The van der Waals surface area contributed by atoms with Crippen LogP contribution in [0, 0.1) is 0 Å². The molecule has 0 aromatic heterocycles. The van der Waals surface area contributed by atoms with Gasteiger partial charge in [0, 0.05) is 12.6 Å². The smallest absolute Gasteiger partial charge is 0.161 e. The van der Waals surface area contributed by atoms with E-state index in [0.717, 1.165) is 30.9 Å². The van der Waals surface area contributed by atoms with E-state index in [9.17, 15) is 0 Å². The Morgan fingerprint density at radius 3 is 2.83 bits per heavy atom. The maximum absolute atomic E-state index is 6.03. The second-order valence-corrected chi connectivity index (χ2v) is 4.48. The molecule has 1 aromatic carbocycles. The molecule has 0 saturated carbocycles. The lowest BCUT2D eigenvalue weighted by Crippen LogP contribution is -2.46. The maximum Gasteiger partial charge on any atom is 0.161 e. The summed E-state index contributed by atoms with van der Waals surface area (Å²) in [5, 5.41) is 0. The van der Waals surface area contributed by atoms with Crippen LogP contribution < -0.4 is 15.2 Å². The molecule has 1 saturated heterocycles. The first-order chi connectivity index (χ1) is 8.81. The Morgan fingerprint density at radius 2 is 2.11 bits per heavy atom. The summed E-state index contributed by atoms with van der Waals surface area (Å²) in [5.41, 5.74) is 6.03. The van der Waals surface area contributed by atoms with Gasteiger partial charge in [-0.15, -0.1) is 0 Å². The van der Waals surface area contributed by atoms with E-state index in [1.807, 2.05) is 24.3 Å². The number of nitrogens with two attached hydrogens (primary N) is 1. The van der Waals surface area contributed by atoms with Crippen LogP contribution in [0.3, 0.4) is 0 Å². The van der Waals surface area contributed by atoms with Gasteiger partial charge in [0.15, 0.2) is 11.5 Å². The van der Waals surface area contributed by atoms with E-state index in [1.165, 1.54) is 0 Å². The molecule has 2 rings (SSSR count). The van der Waals surface area contributed by atoms with Gasteiger partial charge in [-0.3, -0.25) is 0 Å². The van der Waals surface area contributed by atoms with Crippen LogP contribution in [0.4, 0.5) is 0 Å². The Bertz CT molecular complexity index is 370. The highest BCUT2D eigenvalue weighted by Crippen LogP contribution is 2.28. The maximum atomic E-state index is 6.03. The zero-order valence-electron chi connectivity index (χ0n) is 10.8. The fourth-order valence-corrected chi connectivity index (χ4v) is 1.89. The van der Waals surface area contributed by atoms with Crippen LogP contribution in [0.5, 0.6) is 11.5 Å². The minimum absolute atomic E-state index is 0.0259. The highest BCUT2D eigenvalue weighted by Gasteiger charge is 2.25. The van der Waals surface area contributed by atoms with Gasteiger partial charge in [-0.1, -0.05) is 19.1 Å². The predicted octanol–water partition coefficient (Wildman–Crippen LogP) is 1.97. The largest absolute Gasteiger partial charge is 0.490 e. The average molecular weight is 251 g/mol. The van der Waals surface area contributed by atoms with Crippen molar-refractivity contribution < 1.29 is 14.2 Å². The first-order valence-corrected chi connectivity index (χ1v) is 6.53. The van der Waals surface area contributed by atoms with Crippen LogP contribution in [-0.4, -0.2) is 32.0 Å². The van der Waals surface area contributed by atoms with E-state index in [0.29, 0.717) is 13.2 Å². The molecule has 1 aromatic rings. The van der Waals surface area contributed by atoms with E-state index in [2.05, 4.69) is 6.92 Å². The monoisotopic (exact) mass is 251 g/mol. The molecule has 4 nitrogen and oxygen atoms in total. The van der Waals surface area contributed by atoms with Gasteiger partial charge in [-0.2, -0.15) is 0 Å². The zero-order valence-corrected chi connectivity index (χ0v) is 10.8. The van der Waals surface area contributed by atoms with E-state index in [4.69, 9.17) is 19.9 Å². The minimum atomic E-state index is -0.0925. The molecule has 18 heavy (non-hydrogen) atoms. The molecule has 1 fully saturated rings. The Hall–Kier alpha value is -1.26. The summed E-state index contributed by atoms with van der Waals surface area (Å²) in [6.07, 6.45) is 1.72. The molecule has 2 unspecified atom stereocenters. The van der Waals surface area contributed by atoms with E-state index >= 15 is 0 Å². The van der Waals surface area contributed by atoms with Gasteiger partial charge in [-0.05, 0) is 25.0 Å². The fraction of sp³-hybridized carbons (Fsp3) is 0.571. The summed E-state index contributed by atoms with van der Waals surface area (Å²) in [7, 11) is 0. The van der Waals surface area contributed by atoms with Crippen molar-refractivity contribution in [1.82, 2.24) is 0 Å². The Kier molecular flexibility index (Phi) is 4.84. The lowest BCUT2D eigenvalue weighted by Gasteiger charge is -2.29. The van der Waals surface area contributed by atoms with Crippen LogP contribution in [0.2, 0.25) is 0 Å². The molecule has 0 spiro atoms. The molecule has 0 bridgehead atoms. The van der Waals surface area contributed by atoms with Gasteiger partial charge < -0.3 is 19.9 Å². The molecule has 0 aliphatic carbocycles. The van der Waals surface area contributed by atoms with Crippen molar-refractivity contribution in [1.29, 1.82) is 0 Å². The third-order valence-electron chi connectivity index (χ3n) is 2.94. The summed E-state index contributed by atoms with van der Waals surface area (Å²) >= 11 is 0. The van der Waals surface area contributed by atoms with Crippen molar-refractivity contribution in [2.24, 2.45) is 5.73 Å². The SMILES string of the molecule is CCCOc1ccccc1OC1COCCC1N. The lowest BCUT2D eigenvalue weighted by molar-refractivity contribution is -0.00645. The normalized spacial score (nSPS) is 23.7. The third-order valence-corrected chi connectivity index (χ3v) is 2.94. The van der Waals surface area contributed by atoms with Crippen molar-refractivity contribution in [3.63, 3.8) is 0 Å². The number of rotatable bonds is 5. The summed E-state index contributed by atoms with van der Waals surface area (Å²) in [6, 6.07) is 7.73. The molecular weight excluding hydrogens is 230 g/mol. The second-order valence-electron chi connectivity index (χ2n) is 4.48. The van der Waals surface area contributed by atoms with Crippen molar-refractivity contribution in [3.05, 3.63) is 24.3 Å². The first kappa shape index (κ1) is 13.2. The molecule has 0 radical (unpaired) electrons. The number of para-hydroxylation sites is 2. The van der Waals surface area contributed by atoms with Gasteiger partial charge in [0.05, 0.1) is 13.2 Å². The Balaban J connectivity index is 2.03. The highest BCUT2D eigenvalue weighted by atomic mass is 16.6. The zero-order chi connectivity index (χ0) is 12.8. The van der Waals surface area contributed by atoms with Crippen molar-refractivity contribution in [2.45, 2.75) is 31.9 Å². The first-order valence-electron chi connectivity index (χ1n) is 6.53. The van der Waals surface area contributed by atoms with Crippen LogP contribution in [0.25, 0.3) is 0 Å². The number of hydrogen-bond acceptors (Lipinski definition) is 4. The highest BCUT2D eigenvalue weighted by molar-refractivity contribution is 5.39. The molecule has 2 atom stereocenters. The molecular formula is C14H21NO3. The van der Waals surface area contributed by atoms with E-state index in [1.54, 1.807) is 0 Å². The Morgan fingerprint density at radius 1 is 1.33 bits per heavy atom. The second kappa shape index (κ2) is 6.61. The standard InChI is InChI=1S/C14H21NO3/c1-2-8-17-12-5-3-4-6-13(12)18-14-10-16-9-7-11(14)15/h3-6,11,14H,2,7-10,15H2,1H3. The Labute approximate surface area is 108 Å². The summed E-state index contributed by atoms with van der Waals surface area (Å²) in [6.45, 7) is 4.03. The quantitative estimate of drug-likeness (QED) is 0.869. The topological polar surface area (TPSA) is 53.7 Å². The number of hydrogen-bond donors (Lipinski definition) is 1. The molecule has 2 N–H and O–H groups in total. The molecule has 4 heteroatoms. The molecule has 1 aliphatic heterocycles. The summed E-state index contributed by atoms with van der Waals surface area (Å²) < 4.78 is 17.0. The molecule has 0 amide bonds. The van der Waals surface area contributed by atoms with Crippen LogP contribution >= 0.6 is 0 Å². The van der Waals surface area contributed by atoms with Crippen LogP contribution in [0.15, 0.2) is 24.3 Å². The van der Waals surface area contributed by atoms with Crippen LogP contribution in [-0.2, 0) is 4.74 Å². The van der Waals surface area contributed by atoms with Crippen molar-refractivity contribution in [2.75, 3.05) is 19.8 Å². The van der Waals surface area contributed by atoms with Gasteiger partial charge in [-0.25, -0.2) is 0 Å². The van der Waals surface area contributed by atoms with Gasteiger partial charge >= 0.3 is 0 Å².